The van der Waals surface area contributed by atoms with E-state index in [1.165, 1.54) is 13.3 Å². The summed E-state index contributed by atoms with van der Waals surface area (Å²) in [6, 6.07) is 1.17. The van der Waals surface area contributed by atoms with Crippen LogP contribution in [-0.4, -0.2) is 42.4 Å². The van der Waals surface area contributed by atoms with Crippen molar-refractivity contribution in [2.75, 3.05) is 31.6 Å². The lowest BCUT2D eigenvalue weighted by atomic mass is 10.00. The second-order valence-corrected chi connectivity index (χ2v) is 7.81. The quantitative estimate of drug-likeness (QED) is 0.713. The minimum atomic E-state index is -1.34. The first kappa shape index (κ1) is 20.9. The molecular weight excluding hydrogens is 403 g/mol. The van der Waals surface area contributed by atoms with E-state index in [1.807, 2.05) is 4.90 Å². The fraction of sp³-hybridized carbons (Fsp3) is 0.409. The molecule has 1 saturated carbocycles. The van der Waals surface area contributed by atoms with Crippen molar-refractivity contribution in [3.63, 3.8) is 0 Å². The number of fused-ring (bicyclic) bond motifs is 1. The number of nitrogens with two attached hydrogens (primary N) is 1. The second-order valence-electron chi connectivity index (χ2n) is 7.81. The van der Waals surface area contributed by atoms with E-state index in [4.69, 9.17) is 17.0 Å². The molecule has 3 N–H and O–H groups in total. The van der Waals surface area contributed by atoms with Gasteiger partial charge in [0.25, 0.3) is 0 Å². The van der Waals surface area contributed by atoms with Crippen molar-refractivity contribution in [3.8, 4) is 5.75 Å². The molecule has 4 rings (SSSR count). The summed E-state index contributed by atoms with van der Waals surface area (Å²) in [6.45, 7) is 8.40. The molecule has 162 valence electrons. The normalized spacial score (nSPS) is 16.3. The van der Waals surface area contributed by atoms with Crippen LogP contribution in [0.3, 0.4) is 0 Å². The molecule has 2 fully saturated rings. The standard InChI is InChI=1S/C22H23FN4O4/c1-25-17(10-24)12-5-7-26(8-6-12)19-16(23)9-14-18(21(19)31-2)27(13-3-4-13)11-15(20(14)28)22(29)30/h9,11,13H,3-8,10,24H2,2H3,(H,29,30). The number of methoxy groups -OCH3 is 1. The topological polar surface area (TPSA) is 102 Å². The van der Waals surface area contributed by atoms with E-state index in [1.54, 1.807) is 4.57 Å². The molecule has 2 aliphatic rings. The number of piperidine rings is 1. The number of ether oxygens (including phenoxy) is 1. The van der Waals surface area contributed by atoms with Crippen molar-refractivity contribution in [2.45, 2.75) is 31.7 Å². The van der Waals surface area contributed by atoms with Crippen molar-refractivity contribution in [1.29, 1.82) is 0 Å². The van der Waals surface area contributed by atoms with E-state index in [-0.39, 0.29) is 35.0 Å². The van der Waals surface area contributed by atoms with E-state index in [0.29, 0.717) is 37.1 Å². The van der Waals surface area contributed by atoms with E-state index in [9.17, 15) is 14.7 Å². The van der Waals surface area contributed by atoms with Gasteiger partial charge in [-0.2, -0.15) is 0 Å². The number of aromatic nitrogens is 1. The number of benzene rings is 1. The number of carboxylic acid groups (broad SMARTS) is 1. The molecule has 1 saturated heterocycles. The van der Waals surface area contributed by atoms with Gasteiger partial charge in [0.05, 0.1) is 24.6 Å². The van der Waals surface area contributed by atoms with Crippen LogP contribution >= 0.6 is 0 Å². The lowest BCUT2D eigenvalue weighted by molar-refractivity contribution is 0.0695. The first-order valence-corrected chi connectivity index (χ1v) is 10.1. The summed E-state index contributed by atoms with van der Waals surface area (Å²) in [4.78, 5) is 29.7. The Kier molecular flexibility index (Phi) is 5.41. The maximum Gasteiger partial charge on any atom is 0.341 e. The van der Waals surface area contributed by atoms with Gasteiger partial charge in [-0.05, 0) is 31.7 Å². The largest absolute Gasteiger partial charge is 0.492 e. The summed E-state index contributed by atoms with van der Waals surface area (Å²) in [5.41, 5.74) is 6.75. The summed E-state index contributed by atoms with van der Waals surface area (Å²) < 4.78 is 22.7. The van der Waals surface area contributed by atoms with Crippen LogP contribution in [0.1, 0.15) is 42.1 Å². The van der Waals surface area contributed by atoms with Gasteiger partial charge in [-0.25, -0.2) is 14.0 Å². The van der Waals surface area contributed by atoms with Crippen LogP contribution in [0.5, 0.6) is 5.75 Å². The minimum Gasteiger partial charge on any atom is -0.492 e. The maximum absolute atomic E-state index is 15.3. The first-order chi connectivity index (χ1) is 14.9. The number of carboxylic acids is 1. The van der Waals surface area contributed by atoms with Gasteiger partial charge in [-0.15, -0.1) is 0 Å². The fourth-order valence-electron chi connectivity index (χ4n) is 4.28. The molecule has 1 aromatic heterocycles. The van der Waals surface area contributed by atoms with Crippen LogP contribution in [0, 0.1) is 12.4 Å². The van der Waals surface area contributed by atoms with Crippen LogP contribution in [0.15, 0.2) is 28.3 Å². The number of carbonyl (C=O) groups is 1. The van der Waals surface area contributed by atoms with E-state index in [2.05, 4.69) is 4.85 Å². The zero-order chi connectivity index (χ0) is 22.3. The molecule has 31 heavy (non-hydrogen) atoms. The lowest BCUT2D eigenvalue weighted by Crippen LogP contribution is -2.32. The molecule has 8 nitrogen and oxygen atoms in total. The van der Waals surface area contributed by atoms with E-state index in [0.717, 1.165) is 24.5 Å². The minimum absolute atomic E-state index is 0.000850. The SMILES string of the molecule is [C-]#[N+]C(CN)=C1CCN(c2c(F)cc3c(=O)c(C(=O)O)cn(C4CC4)c3c2OC)CC1. The number of rotatable bonds is 5. The van der Waals surface area contributed by atoms with Crippen molar-refractivity contribution in [3.05, 3.63) is 56.6 Å². The third kappa shape index (κ3) is 3.53. The first-order valence-electron chi connectivity index (χ1n) is 10.1. The zero-order valence-electron chi connectivity index (χ0n) is 17.2. The van der Waals surface area contributed by atoms with Crippen molar-refractivity contribution in [1.82, 2.24) is 4.57 Å². The van der Waals surface area contributed by atoms with Crippen molar-refractivity contribution in [2.24, 2.45) is 5.73 Å². The van der Waals surface area contributed by atoms with Gasteiger partial charge in [-0.3, -0.25) is 4.79 Å². The van der Waals surface area contributed by atoms with Crippen LogP contribution in [0.25, 0.3) is 15.7 Å². The summed E-state index contributed by atoms with van der Waals surface area (Å²) in [5.74, 6) is -1.74. The molecule has 0 spiro atoms. The third-order valence-electron chi connectivity index (χ3n) is 5.99. The fourth-order valence-corrected chi connectivity index (χ4v) is 4.28. The molecule has 9 heteroatoms. The van der Waals surface area contributed by atoms with Gasteiger partial charge >= 0.3 is 5.97 Å². The molecule has 2 aromatic rings. The molecule has 2 heterocycles. The molecule has 0 amide bonds. The van der Waals surface area contributed by atoms with Crippen LogP contribution < -0.4 is 20.8 Å². The summed E-state index contributed by atoms with van der Waals surface area (Å²) in [7, 11) is 1.42. The van der Waals surface area contributed by atoms with E-state index < -0.39 is 17.2 Å². The highest BCUT2D eigenvalue weighted by Crippen LogP contribution is 2.44. The highest BCUT2D eigenvalue weighted by atomic mass is 19.1. The Hall–Kier alpha value is -3.38. The van der Waals surface area contributed by atoms with Gasteiger partial charge in [-0.1, -0.05) is 5.57 Å². The Labute approximate surface area is 178 Å². The van der Waals surface area contributed by atoms with Crippen LogP contribution in [0.2, 0.25) is 0 Å². The molecule has 1 aromatic carbocycles. The zero-order valence-corrected chi connectivity index (χ0v) is 17.2. The Morgan fingerprint density at radius 1 is 1.39 bits per heavy atom. The molecule has 0 unspecified atom stereocenters. The predicted molar refractivity (Wildman–Crippen MR) is 114 cm³/mol. The summed E-state index contributed by atoms with van der Waals surface area (Å²) in [5, 5.41) is 9.44. The van der Waals surface area contributed by atoms with Crippen LogP contribution in [-0.2, 0) is 0 Å². The number of nitrogens with zero attached hydrogens (tertiary/aromatic N) is 3. The maximum atomic E-state index is 15.3. The Morgan fingerprint density at radius 3 is 2.58 bits per heavy atom. The van der Waals surface area contributed by atoms with Gasteiger partial charge in [0.2, 0.25) is 5.43 Å². The lowest BCUT2D eigenvalue weighted by Gasteiger charge is -2.33. The molecule has 0 radical (unpaired) electrons. The number of pyridine rings is 1. The highest BCUT2D eigenvalue weighted by molar-refractivity contribution is 5.97. The predicted octanol–water partition coefficient (Wildman–Crippen LogP) is 2.91. The molecule has 1 aliphatic carbocycles. The average molecular weight is 426 g/mol. The van der Waals surface area contributed by atoms with E-state index >= 15 is 4.39 Å². The Bertz CT molecular complexity index is 1200. The van der Waals surface area contributed by atoms with Crippen LogP contribution in [0.4, 0.5) is 10.1 Å². The number of anilines is 1. The Balaban J connectivity index is 1.88. The highest BCUT2D eigenvalue weighted by Gasteiger charge is 2.32. The number of hydrogen-bond acceptors (Lipinski definition) is 5. The van der Waals surface area contributed by atoms with Crippen molar-refractivity contribution < 1.29 is 19.0 Å². The Morgan fingerprint density at radius 2 is 2.06 bits per heavy atom. The molecule has 0 atom stereocenters. The average Bonchev–Trinajstić information content (AvgIpc) is 3.60. The summed E-state index contributed by atoms with van der Waals surface area (Å²) in [6.07, 6.45) is 4.22. The van der Waals surface area contributed by atoms with Gasteiger partial charge < -0.3 is 25.0 Å². The number of halogens is 1. The van der Waals surface area contributed by atoms with Crippen molar-refractivity contribution >= 4 is 22.6 Å². The monoisotopic (exact) mass is 426 g/mol. The van der Waals surface area contributed by atoms with Gasteiger partial charge in [0.1, 0.15) is 11.3 Å². The van der Waals surface area contributed by atoms with Gasteiger partial charge in [0, 0.05) is 31.9 Å². The van der Waals surface area contributed by atoms with Gasteiger partial charge in [0.15, 0.2) is 17.3 Å². The number of hydrogen-bond donors (Lipinski definition) is 2. The summed E-state index contributed by atoms with van der Waals surface area (Å²) >= 11 is 0. The molecular formula is C22H23FN4O4. The second kappa shape index (κ2) is 8.04. The molecule has 0 bridgehead atoms. The third-order valence-corrected chi connectivity index (χ3v) is 5.99. The molecule has 1 aliphatic heterocycles. The smallest absolute Gasteiger partial charge is 0.341 e. The number of aromatic carboxylic acids is 1.